The van der Waals surface area contributed by atoms with E-state index in [1.165, 1.54) is 0 Å². The van der Waals surface area contributed by atoms with Gasteiger partial charge in [0, 0.05) is 18.2 Å². The Morgan fingerprint density at radius 3 is 2.41 bits per heavy atom. The van der Waals surface area contributed by atoms with Crippen LogP contribution in [-0.4, -0.2) is 31.8 Å². The van der Waals surface area contributed by atoms with Gasteiger partial charge in [-0.1, -0.05) is 19.1 Å². The molecule has 7 nitrogen and oxygen atoms in total. The molecule has 0 aromatic heterocycles. The lowest BCUT2D eigenvalue weighted by atomic mass is 9.92. The molecule has 150 valence electrons. The minimum absolute atomic E-state index is 0.181. The first-order chi connectivity index (χ1) is 13.9. The highest BCUT2D eigenvalue weighted by molar-refractivity contribution is 6.19. The first-order valence-electron chi connectivity index (χ1n) is 9.34. The number of nitrogens with one attached hydrogen (secondary N) is 2. The number of hydrogen-bond donors (Lipinski definition) is 2. The van der Waals surface area contributed by atoms with E-state index in [9.17, 15) is 14.4 Å². The van der Waals surface area contributed by atoms with Crippen molar-refractivity contribution < 1.29 is 23.9 Å². The molecule has 0 bridgehead atoms. The molecule has 2 aromatic rings. The van der Waals surface area contributed by atoms with E-state index < -0.39 is 17.3 Å². The third-order valence-electron chi connectivity index (χ3n) is 5.88. The van der Waals surface area contributed by atoms with Crippen LogP contribution in [0.25, 0.3) is 0 Å². The molecule has 2 aromatic carbocycles. The van der Waals surface area contributed by atoms with Gasteiger partial charge >= 0.3 is 0 Å². The Labute approximate surface area is 168 Å². The molecule has 0 spiro atoms. The Balaban J connectivity index is 1.53. The number of ketones is 1. The van der Waals surface area contributed by atoms with Crippen LogP contribution in [0.5, 0.6) is 11.5 Å². The smallest absolute Gasteiger partial charge is 0.229 e. The van der Waals surface area contributed by atoms with Crippen molar-refractivity contribution in [3.8, 4) is 11.5 Å². The number of fused-ring (bicyclic) bond motifs is 2. The summed E-state index contributed by atoms with van der Waals surface area (Å²) in [5.41, 5.74) is 0.700. The summed E-state index contributed by atoms with van der Waals surface area (Å²) in [5.74, 6) is -0.944. The Bertz CT molecular complexity index is 996. The molecule has 2 aliphatic rings. The van der Waals surface area contributed by atoms with E-state index in [0.29, 0.717) is 22.7 Å². The van der Waals surface area contributed by atoms with Crippen molar-refractivity contribution in [2.24, 2.45) is 17.3 Å². The van der Waals surface area contributed by atoms with Crippen molar-refractivity contribution >= 4 is 23.3 Å². The van der Waals surface area contributed by atoms with Crippen molar-refractivity contribution in [1.29, 1.82) is 0 Å². The number of amides is 2. The van der Waals surface area contributed by atoms with Crippen LogP contribution >= 0.6 is 0 Å². The Morgan fingerprint density at radius 1 is 1.10 bits per heavy atom. The number of benzene rings is 2. The van der Waals surface area contributed by atoms with Gasteiger partial charge in [0.1, 0.15) is 11.5 Å². The normalized spacial score (nSPS) is 24.5. The van der Waals surface area contributed by atoms with Crippen LogP contribution in [-0.2, 0) is 16.1 Å². The standard InChI is InChI=1S/C22H22N2O5/c1-22-17(18(22)21(27)24-16-7-5-4-6-15(16)19(22)25)20(26)23-11-12-8-13(28-2)10-14(9-12)29-3/h4-10,17-18H,11H2,1-3H3,(H,23,26)(H,24,27)/t17-,18-,22+/m0/s1. The highest BCUT2D eigenvalue weighted by atomic mass is 16.5. The zero-order valence-corrected chi connectivity index (χ0v) is 16.4. The van der Waals surface area contributed by atoms with Crippen LogP contribution in [0, 0.1) is 17.3 Å². The Hall–Kier alpha value is -3.35. The number of carbonyl (C=O) groups excluding carboxylic acids is 3. The zero-order valence-electron chi connectivity index (χ0n) is 16.4. The van der Waals surface area contributed by atoms with Crippen LogP contribution in [0.4, 0.5) is 5.69 Å². The van der Waals surface area contributed by atoms with Gasteiger partial charge in [0.15, 0.2) is 5.78 Å². The summed E-state index contributed by atoms with van der Waals surface area (Å²) < 4.78 is 10.5. The molecule has 3 atom stereocenters. The minimum atomic E-state index is -1.03. The number of rotatable bonds is 5. The summed E-state index contributed by atoms with van der Waals surface area (Å²) in [5, 5.41) is 5.63. The van der Waals surface area contributed by atoms with Gasteiger partial charge in [0.25, 0.3) is 0 Å². The second-order valence-electron chi connectivity index (χ2n) is 7.54. The number of Topliss-reactive ketones (excluding diaryl/α,β-unsaturated/α-hetero) is 1. The van der Waals surface area contributed by atoms with Crippen LogP contribution in [0.15, 0.2) is 42.5 Å². The van der Waals surface area contributed by atoms with E-state index in [1.807, 2.05) is 0 Å². The van der Waals surface area contributed by atoms with Crippen molar-refractivity contribution in [3.05, 3.63) is 53.6 Å². The van der Waals surface area contributed by atoms with E-state index in [1.54, 1.807) is 63.6 Å². The molecular formula is C22H22N2O5. The molecule has 4 rings (SSSR count). The molecule has 1 aliphatic heterocycles. The van der Waals surface area contributed by atoms with Crippen molar-refractivity contribution in [1.82, 2.24) is 5.32 Å². The largest absolute Gasteiger partial charge is 0.497 e. The van der Waals surface area contributed by atoms with Crippen LogP contribution in [0.2, 0.25) is 0 Å². The summed E-state index contributed by atoms with van der Waals surface area (Å²) in [6, 6.07) is 12.2. The lowest BCUT2D eigenvalue weighted by molar-refractivity contribution is -0.125. The monoisotopic (exact) mass is 394 g/mol. The molecule has 7 heteroatoms. The van der Waals surface area contributed by atoms with Gasteiger partial charge in [-0.2, -0.15) is 0 Å². The average molecular weight is 394 g/mol. The molecular weight excluding hydrogens is 372 g/mol. The van der Waals surface area contributed by atoms with Gasteiger partial charge in [-0.15, -0.1) is 0 Å². The average Bonchev–Trinajstić information content (AvgIpc) is 3.39. The highest BCUT2D eigenvalue weighted by Gasteiger charge is 2.73. The molecule has 1 fully saturated rings. The molecule has 1 aliphatic carbocycles. The first kappa shape index (κ1) is 19.0. The zero-order chi connectivity index (χ0) is 20.8. The van der Waals surface area contributed by atoms with Gasteiger partial charge in [-0.05, 0) is 29.8 Å². The Morgan fingerprint density at radius 2 is 1.76 bits per heavy atom. The fourth-order valence-corrected chi connectivity index (χ4v) is 4.20. The summed E-state index contributed by atoms with van der Waals surface area (Å²) in [4.78, 5) is 38.6. The molecule has 1 saturated carbocycles. The van der Waals surface area contributed by atoms with Gasteiger partial charge in [0.05, 0.1) is 37.2 Å². The molecule has 0 unspecified atom stereocenters. The Kier molecular flexibility index (Phi) is 4.53. The van der Waals surface area contributed by atoms with Crippen LogP contribution < -0.4 is 20.1 Å². The number of para-hydroxylation sites is 1. The molecule has 2 amide bonds. The fourth-order valence-electron chi connectivity index (χ4n) is 4.20. The highest BCUT2D eigenvalue weighted by Crippen LogP contribution is 2.62. The SMILES string of the molecule is COc1cc(CNC(=O)[C@@H]2[C@H]3C(=O)Nc4ccccc4C(=O)[C@]23C)cc(OC)c1. The third-order valence-corrected chi connectivity index (χ3v) is 5.88. The van der Waals surface area contributed by atoms with E-state index in [0.717, 1.165) is 5.56 Å². The van der Waals surface area contributed by atoms with Crippen molar-refractivity contribution in [2.45, 2.75) is 13.5 Å². The van der Waals surface area contributed by atoms with Gasteiger partial charge in [-0.25, -0.2) is 0 Å². The maximum Gasteiger partial charge on any atom is 0.229 e. The second kappa shape index (κ2) is 6.92. The molecule has 0 saturated heterocycles. The maximum atomic E-state index is 13.1. The van der Waals surface area contributed by atoms with Crippen LogP contribution in [0.1, 0.15) is 22.8 Å². The molecule has 29 heavy (non-hydrogen) atoms. The number of hydrogen-bond acceptors (Lipinski definition) is 5. The number of anilines is 1. The number of carbonyl (C=O) groups is 3. The van der Waals surface area contributed by atoms with E-state index in [2.05, 4.69) is 10.6 Å². The van der Waals surface area contributed by atoms with E-state index in [4.69, 9.17) is 9.47 Å². The fraction of sp³-hybridized carbons (Fsp3) is 0.318. The third kappa shape index (κ3) is 3.03. The van der Waals surface area contributed by atoms with Gasteiger partial charge in [-0.3, -0.25) is 14.4 Å². The molecule has 1 heterocycles. The second-order valence-corrected chi connectivity index (χ2v) is 7.54. The topological polar surface area (TPSA) is 93.7 Å². The lowest BCUT2D eigenvalue weighted by Gasteiger charge is -2.13. The predicted molar refractivity (Wildman–Crippen MR) is 106 cm³/mol. The summed E-state index contributed by atoms with van der Waals surface area (Å²) in [6.45, 7) is 1.93. The van der Waals surface area contributed by atoms with Gasteiger partial charge in [0.2, 0.25) is 11.8 Å². The number of methoxy groups -OCH3 is 2. The minimum Gasteiger partial charge on any atom is -0.497 e. The quantitative estimate of drug-likeness (QED) is 0.812. The molecule has 2 N–H and O–H groups in total. The van der Waals surface area contributed by atoms with Crippen molar-refractivity contribution in [3.63, 3.8) is 0 Å². The van der Waals surface area contributed by atoms with E-state index in [-0.39, 0.29) is 24.1 Å². The number of ether oxygens (including phenoxy) is 2. The van der Waals surface area contributed by atoms with E-state index >= 15 is 0 Å². The van der Waals surface area contributed by atoms with Gasteiger partial charge < -0.3 is 20.1 Å². The molecule has 0 radical (unpaired) electrons. The first-order valence-corrected chi connectivity index (χ1v) is 9.34. The summed E-state index contributed by atoms with van der Waals surface area (Å²) >= 11 is 0. The lowest BCUT2D eigenvalue weighted by Crippen LogP contribution is -2.29. The summed E-state index contributed by atoms with van der Waals surface area (Å²) in [6.07, 6.45) is 0. The summed E-state index contributed by atoms with van der Waals surface area (Å²) in [7, 11) is 3.11. The maximum absolute atomic E-state index is 13.1. The van der Waals surface area contributed by atoms with Crippen molar-refractivity contribution in [2.75, 3.05) is 19.5 Å². The van der Waals surface area contributed by atoms with Crippen LogP contribution in [0.3, 0.4) is 0 Å². The predicted octanol–water partition coefficient (Wildman–Crippen LogP) is 2.41.